The summed E-state index contributed by atoms with van der Waals surface area (Å²) in [6.45, 7) is 1.59. The highest BCUT2D eigenvalue weighted by Gasteiger charge is 2.33. The van der Waals surface area contributed by atoms with Crippen molar-refractivity contribution in [3.8, 4) is 17.2 Å². The molecule has 1 saturated heterocycles. The number of hydrogen-bond acceptors (Lipinski definition) is 8. The Hall–Kier alpha value is -3.65. The summed E-state index contributed by atoms with van der Waals surface area (Å²) in [4.78, 5) is 24.0. The second-order valence-electron chi connectivity index (χ2n) is 9.17. The van der Waals surface area contributed by atoms with E-state index in [9.17, 15) is 4.79 Å². The number of carbonyl (C=O) groups is 1. The van der Waals surface area contributed by atoms with Gasteiger partial charge in [-0.15, -0.1) is 0 Å². The Labute approximate surface area is 218 Å². The Morgan fingerprint density at radius 3 is 2.08 bits per heavy atom. The summed E-state index contributed by atoms with van der Waals surface area (Å²) >= 11 is 0. The van der Waals surface area contributed by atoms with Gasteiger partial charge in [0.15, 0.2) is 11.5 Å². The highest BCUT2D eigenvalue weighted by molar-refractivity contribution is 5.76. The Bertz CT molecular complexity index is 1080. The van der Waals surface area contributed by atoms with Crippen molar-refractivity contribution >= 4 is 5.97 Å². The van der Waals surface area contributed by atoms with Crippen LogP contribution >= 0.6 is 0 Å². The van der Waals surface area contributed by atoms with E-state index in [0.29, 0.717) is 30.1 Å². The molecule has 0 radical (unpaired) electrons. The molecule has 0 N–H and O–H groups in total. The first-order valence-corrected chi connectivity index (χ1v) is 12.6. The van der Waals surface area contributed by atoms with Gasteiger partial charge in [0.25, 0.3) is 0 Å². The molecule has 2 aromatic heterocycles. The fourth-order valence-corrected chi connectivity index (χ4v) is 4.87. The summed E-state index contributed by atoms with van der Waals surface area (Å²) in [7, 11) is 4.82. The van der Waals surface area contributed by atoms with Crippen molar-refractivity contribution in [2.45, 2.75) is 44.2 Å². The molecule has 1 aromatic carbocycles. The van der Waals surface area contributed by atoms with Crippen LogP contribution in [-0.4, -0.2) is 67.4 Å². The molecule has 1 fully saturated rings. The number of carbonyl (C=O) groups excluding carboxylic acids is 1. The molecule has 4 rings (SSSR count). The van der Waals surface area contributed by atoms with Crippen LogP contribution in [0.3, 0.4) is 0 Å². The SMILES string of the molecule is COc1cc(CCN2CCC[C@H]2C(=O)OC(Cc2cccnc2)Cc2cccnc2)cc(OC)c1OC. The van der Waals surface area contributed by atoms with Crippen LogP contribution in [0.1, 0.15) is 29.5 Å². The van der Waals surface area contributed by atoms with Crippen molar-refractivity contribution in [3.63, 3.8) is 0 Å². The van der Waals surface area contributed by atoms with Gasteiger partial charge in [0.2, 0.25) is 5.75 Å². The molecule has 1 atom stereocenters. The van der Waals surface area contributed by atoms with Crippen molar-refractivity contribution in [2.75, 3.05) is 34.4 Å². The van der Waals surface area contributed by atoms with E-state index < -0.39 is 0 Å². The molecule has 1 aliphatic heterocycles. The third-order valence-corrected chi connectivity index (χ3v) is 6.70. The molecule has 8 nitrogen and oxygen atoms in total. The van der Waals surface area contributed by atoms with Gasteiger partial charge in [-0.2, -0.15) is 0 Å². The second kappa shape index (κ2) is 13.1. The fourth-order valence-electron chi connectivity index (χ4n) is 4.87. The highest BCUT2D eigenvalue weighted by atomic mass is 16.5. The maximum absolute atomic E-state index is 13.4. The first kappa shape index (κ1) is 26.4. The molecular formula is C29H35N3O5. The van der Waals surface area contributed by atoms with Gasteiger partial charge in [0.1, 0.15) is 12.1 Å². The lowest BCUT2D eigenvalue weighted by Gasteiger charge is -2.26. The lowest BCUT2D eigenvalue weighted by Crippen LogP contribution is -2.40. The van der Waals surface area contributed by atoms with Crippen molar-refractivity contribution in [1.29, 1.82) is 0 Å². The molecule has 0 amide bonds. The van der Waals surface area contributed by atoms with E-state index in [1.54, 1.807) is 33.7 Å². The lowest BCUT2D eigenvalue weighted by atomic mass is 10.0. The van der Waals surface area contributed by atoms with E-state index in [4.69, 9.17) is 18.9 Å². The van der Waals surface area contributed by atoms with Gasteiger partial charge in [-0.3, -0.25) is 19.7 Å². The number of ether oxygens (including phenoxy) is 4. The lowest BCUT2D eigenvalue weighted by molar-refractivity contribution is -0.154. The van der Waals surface area contributed by atoms with Crippen LogP contribution in [0, 0.1) is 0 Å². The minimum absolute atomic E-state index is 0.167. The van der Waals surface area contributed by atoms with E-state index in [0.717, 1.165) is 49.0 Å². The van der Waals surface area contributed by atoms with Gasteiger partial charge >= 0.3 is 5.97 Å². The number of hydrogen-bond donors (Lipinski definition) is 0. The molecule has 3 aromatic rings. The second-order valence-corrected chi connectivity index (χ2v) is 9.17. The van der Waals surface area contributed by atoms with Crippen LogP contribution in [0.2, 0.25) is 0 Å². The van der Waals surface area contributed by atoms with Crippen LogP contribution in [0.5, 0.6) is 17.2 Å². The first-order chi connectivity index (χ1) is 18.1. The Morgan fingerprint density at radius 2 is 1.57 bits per heavy atom. The minimum Gasteiger partial charge on any atom is -0.493 e. The van der Waals surface area contributed by atoms with Crippen LogP contribution in [0.25, 0.3) is 0 Å². The van der Waals surface area contributed by atoms with Gasteiger partial charge in [0.05, 0.1) is 21.3 Å². The third-order valence-electron chi connectivity index (χ3n) is 6.70. The number of methoxy groups -OCH3 is 3. The fraction of sp³-hybridized carbons (Fsp3) is 0.414. The number of likely N-dealkylation sites (tertiary alicyclic amines) is 1. The number of pyridine rings is 2. The van der Waals surface area contributed by atoms with E-state index in [2.05, 4.69) is 14.9 Å². The zero-order valence-electron chi connectivity index (χ0n) is 21.8. The van der Waals surface area contributed by atoms with Gasteiger partial charge in [0, 0.05) is 44.2 Å². The Kier molecular flexibility index (Phi) is 9.32. The van der Waals surface area contributed by atoms with Crippen LogP contribution in [0.4, 0.5) is 0 Å². The minimum atomic E-state index is -0.293. The van der Waals surface area contributed by atoms with Crippen LogP contribution < -0.4 is 14.2 Å². The molecule has 8 heteroatoms. The average Bonchev–Trinajstić information content (AvgIpc) is 3.41. The number of rotatable bonds is 12. The predicted molar refractivity (Wildman–Crippen MR) is 140 cm³/mol. The summed E-state index contributed by atoms with van der Waals surface area (Å²) in [5.41, 5.74) is 3.13. The van der Waals surface area contributed by atoms with Gasteiger partial charge < -0.3 is 18.9 Å². The Morgan fingerprint density at radius 1 is 0.946 bits per heavy atom. The molecule has 196 valence electrons. The molecule has 37 heavy (non-hydrogen) atoms. The topological polar surface area (TPSA) is 83.0 Å². The van der Waals surface area contributed by atoms with Crippen molar-refractivity contribution < 1.29 is 23.7 Å². The van der Waals surface area contributed by atoms with E-state index in [-0.39, 0.29) is 18.1 Å². The number of benzene rings is 1. The normalized spacial score (nSPS) is 15.5. The van der Waals surface area contributed by atoms with Gasteiger partial charge in [-0.25, -0.2) is 0 Å². The summed E-state index contributed by atoms with van der Waals surface area (Å²) in [6, 6.07) is 11.5. The number of aromatic nitrogens is 2. The van der Waals surface area contributed by atoms with Gasteiger partial charge in [-0.05, 0) is 66.8 Å². The number of nitrogens with zero attached hydrogens (tertiary/aromatic N) is 3. The van der Waals surface area contributed by atoms with Crippen LogP contribution in [0.15, 0.2) is 61.2 Å². The van der Waals surface area contributed by atoms with E-state index in [1.165, 1.54) is 0 Å². The quantitative estimate of drug-likeness (QED) is 0.343. The smallest absolute Gasteiger partial charge is 0.323 e. The molecule has 0 spiro atoms. The summed E-state index contributed by atoms with van der Waals surface area (Å²) < 4.78 is 22.5. The maximum Gasteiger partial charge on any atom is 0.323 e. The molecule has 0 bridgehead atoms. The molecule has 1 aliphatic rings. The summed E-state index contributed by atoms with van der Waals surface area (Å²) in [6.07, 6.45) is 10.6. The predicted octanol–water partition coefficient (Wildman–Crippen LogP) is 3.91. The third kappa shape index (κ3) is 6.98. The average molecular weight is 506 g/mol. The van der Waals surface area contributed by atoms with Crippen molar-refractivity contribution in [1.82, 2.24) is 14.9 Å². The van der Waals surface area contributed by atoms with E-state index >= 15 is 0 Å². The molecule has 0 aliphatic carbocycles. The van der Waals surface area contributed by atoms with E-state index in [1.807, 2.05) is 48.8 Å². The van der Waals surface area contributed by atoms with Crippen molar-refractivity contribution in [3.05, 3.63) is 77.9 Å². The standard InChI is InChI=1S/C29H35N3O5/c1-34-26-17-21(18-27(35-2)28(26)36-3)10-14-32-13-6-9-25(32)29(33)37-24(15-22-7-4-11-30-19-22)16-23-8-5-12-31-20-23/h4-5,7-8,11-12,17-20,24-25H,6,9-10,13-16H2,1-3H3/t25-/m0/s1. The van der Waals surface area contributed by atoms with Gasteiger partial charge in [-0.1, -0.05) is 12.1 Å². The highest BCUT2D eigenvalue weighted by Crippen LogP contribution is 2.38. The van der Waals surface area contributed by atoms with Crippen LogP contribution in [-0.2, 0) is 28.8 Å². The first-order valence-electron chi connectivity index (χ1n) is 12.6. The molecule has 0 unspecified atom stereocenters. The zero-order chi connectivity index (χ0) is 26.0. The van der Waals surface area contributed by atoms with Crippen molar-refractivity contribution in [2.24, 2.45) is 0 Å². The number of esters is 1. The molecule has 3 heterocycles. The molecular weight excluding hydrogens is 470 g/mol. The maximum atomic E-state index is 13.4. The molecule has 0 saturated carbocycles. The largest absolute Gasteiger partial charge is 0.493 e. The summed E-state index contributed by atoms with van der Waals surface area (Å²) in [5, 5.41) is 0. The zero-order valence-corrected chi connectivity index (χ0v) is 21.8. The Balaban J connectivity index is 1.42. The monoisotopic (exact) mass is 505 g/mol. The summed E-state index contributed by atoms with van der Waals surface area (Å²) in [5.74, 6) is 1.66.